The van der Waals surface area contributed by atoms with E-state index in [9.17, 15) is 9.18 Å². The molecule has 1 aliphatic carbocycles. The first kappa shape index (κ1) is 16.0. The Labute approximate surface area is 141 Å². The van der Waals surface area contributed by atoms with Crippen LogP contribution in [0.4, 0.5) is 4.39 Å². The first-order chi connectivity index (χ1) is 11.5. The molecule has 1 amide bonds. The van der Waals surface area contributed by atoms with Gasteiger partial charge in [-0.05, 0) is 60.9 Å². The Morgan fingerprint density at radius 2 is 2.12 bits per heavy atom. The van der Waals surface area contributed by atoms with E-state index in [1.165, 1.54) is 25.6 Å². The van der Waals surface area contributed by atoms with E-state index in [1.807, 2.05) is 0 Å². The smallest absolute Gasteiger partial charge is 0.274 e. The zero-order valence-corrected chi connectivity index (χ0v) is 14.0. The van der Waals surface area contributed by atoms with Gasteiger partial charge in [-0.25, -0.2) is 9.87 Å². The number of hydrogen-bond donors (Lipinski definition) is 2. The lowest BCUT2D eigenvalue weighted by Gasteiger charge is -2.54. The Kier molecular flexibility index (Phi) is 4.06. The quantitative estimate of drug-likeness (QED) is 0.650. The van der Waals surface area contributed by atoms with E-state index in [2.05, 4.69) is 16.8 Å². The molecule has 5 nitrogen and oxygen atoms in total. The number of benzene rings is 1. The molecule has 0 radical (unpaired) electrons. The van der Waals surface area contributed by atoms with Crippen LogP contribution in [0.2, 0.25) is 0 Å². The summed E-state index contributed by atoms with van der Waals surface area (Å²) in [5.74, 6) is 1.37. The molecule has 24 heavy (non-hydrogen) atoms. The van der Waals surface area contributed by atoms with Crippen molar-refractivity contribution in [1.82, 2.24) is 15.3 Å². The molecule has 6 heteroatoms. The number of nitrogens with zero attached hydrogens (tertiary/aromatic N) is 2. The number of amides is 1. The molecule has 0 spiro atoms. The van der Waals surface area contributed by atoms with Crippen LogP contribution in [0.25, 0.3) is 0 Å². The predicted octanol–water partition coefficient (Wildman–Crippen LogP) is 1.50. The Balaban J connectivity index is 1.47. The highest BCUT2D eigenvalue weighted by atomic mass is 19.1. The van der Waals surface area contributed by atoms with Crippen LogP contribution in [0.5, 0.6) is 0 Å². The van der Waals surface area contributed by atoms with E-state index < -0.39 is 5.91 Å². The number of hydrogen-bond acceptors (Lipinski definition) is 4. The van der Waals surface area contributed by atoms with Gasteiger partial charge in [-0.3, -0.25) is 14.9 Å². The van der Waals surface area contributed by atoms with Gasteiger partial charge in [0.05, 0.1) is 0 Å². The number of rotatable bonds is 3. The minimum absolute atomic E-state index is 0.178. The summed E-state index contributed by atoms with van der Waals surface area (Å²) in [6, 6.07) is 2.93. The molecule has 4 aliphatic rings. The number of nitrogens with one attached hydrogen (secondary N) is 1. The maximum absolute atomic E-state index is 14.2. The van der Waals surface area contributed by atoms with E-state index in [4.69, 9.17) is 5.21 Å². The van der Waals surface area contributed by atoms with Gasteiger partial charge in [0.15, 0.2) is 0 Å². The van der Waals surface area contributed by atoms with E-state index >= 15 is 0 Å². The first-order valence-electron chi connectivity index (χ1n) is 8.71. The van der Waals surface area contributed by atoms with Gasteiger partial charge in [0.2, 0.25) is 0 Å². The largest absolute Gasteiger partial charge is 0.306 e. The fraction of sp³-hybridized carbons (Fsp3) is 0.611. The first-order valence-corrected chi connectivity index (χ1v) is 8.71. The van der Waals surface area contributed by atoms with Crippen molar-refractivity contribution < 1.29 is 14.4 Å². The summed E-state index contributed by atoms with van der Waals surface area (Å²) in [5, 5.41) is 8.77. The molecular formula is C18H24FN3O2. The lowest BCUT2D eigenvalue weighted by Crippen LogP contribution is -2.57. The van der Waals surface area contributed by atoms with E-state index in [0.29, 0.717) is 18.5 Å². The van der Waals surface area contributed by atoms with E-state index in [0.717, 1.165) is 36.4 Å². The fourth-order valence-electron chi connectivity index (χ4n) is 4.87. The average molecular weight is 333 g/mol. The SMILES string of the molecule is CN1CC2CC(C1)C2CN1CCc2c(F)cc(C(=O)NO)cc2C1. The summed E-state index contributed by atoms with van der Waals surface area (Å²) >= 11 is 0. The Morgan fingerprint density at radius 1 is 1.38 bits per heavy atom. The summed E-state index contributed by atoms with van der Waals surface area (Å²) in [6.45, 7) is 5.02. The lowest BCUT2D eigenvalue weighted by molar-refractivity contribution is -0.0503. The third-order valence-corrected chi connectivity index (χ3v) is 6.10. The normalized spacial score (nSPS) is 29.7. The molecular weight excluding hydrogens is 309 g/mol. The van der Waals surface area contributed by atoms with E-state index in [1.54, 1.807) is 11.5 Å². The van der Waals surface area contributed by atoms with Gasteiger partial charge in [-0.2, -0.15) is 0 Å². The van der Waals surface area contributed by atoms with Crippen molar-refractivity contribution in [2.45, 2.75) is 19.4 Å². The molecule has 5 rings (SSSR count). The van der Waals surface area contributed by atoms with Crippen molar-refractivity contribution in [1.29, 1.82) is 0 Å². The summed E-state index contributed by atoms with van der Waals surface area (Å²) in [4.78, 5) is 16.4. The highest BCUT2D eigenvalue weighted by Gasteiger charge is 2.46. The van der Waals surface area contributed by atoms with Gasteiger partial charge in [0.25, 0.3) is 5.91 Å². The second-order valence-corrected chi connectivity index (χ2v) is 7.66. The van der Waals surface area contributed by atoms with E-state index in [-0.39, 0.29) is 11.4 Å². The van der Waals surface area contributed by atoms with Gasteiger partial charge in [-0.1, -0.05) is 0 Å². The van der Waals surface area contributed by atoms with Crippen molar-refractivity contribution in [3.05, 3.63) is 34.6 Å². The summed E-state index contributed by atoms with van der Waals surface area (Å²) in [6.07, 6.45) is 2.04. The standard InChI is InChI=1S/C18H24FN3O2/c1-21-7-12-5-13(8-21)16(12)10-22-3-2-15-14(9-22)4-11(6-17(15)19)18(23)20-24/h4,6,12-13,16,24H,2-3,5,7-10H2,1H3,(H,20,23). The number of hydroxylamine groups is 1. The van der Waals surface area contributed by atoms with Crippen molar-refractivity contribution >= 4 is 5.91 Å². The molecule has 3 fully saturated rings. The average Bonchev–Trinajstić information content (AvgIpc) is 2.58. The van der Waals surface area contributed by atoms with Crippen LogP contribution in [-0.4, -0.2) is 54.1 Å². The number of halogens is 1. The molecule has 1 aromatic carbocycles. The Bertz CT molecular complexity index is 654. The third kappa shape index (κ3) is 2.72. The van der Waals surface area contributed by atoms with Crippen LogP contribution < -0.4 is 5.48 Å². The molecule has 2 N–H and O–H groups in total. The maximum atomic E-state index is 14.2. The zero-order valence-electron chi connectivity index (χ0n) is 14.0. The number of fused-ring (bicyclic) bond motifs is 3. The van der Waals surface area contributed by atoms with Gasteiger partial charge in [0, 0.05) is 38.3 Å². The van der Waals surface area contributed by atoms with Crippen molar-refractivity contribution in [2.24, 2.45) is 17.8 Å². The summed E-state index contributed by atoms with van der Waals surface area (Å²) in [7, 11) is 2.20. The molecule has 1 aromatic rings. The summed E-state index contributed by atoms with van der Waals surface area (Å²) < 4.78 is 14.2. The molecule has 2 bridgehead atoms. The minimum atomic E-state index is -0.662. The van der Waals surface area contributed by atoms with Crippen LogP contribution in [0.15, 0.2) is 12.1 Å². The van der Waals surface area contributed by atoms with Gasteiger partial charge in [-0.15, -0.1) is 0 Å². The monoisotopic (exact) mass is 333 g/mol. The predicted molar refractivity (Wildman–Crippen MR) is 87.2 cm³/mol. The number of piperidine rings is 2. The molecule has 3 aliphatic heterocycles. The van der Waals surface area contributed by atoms with Crippen LogP contribution in [0.3, 0.4) is 0 Å². The molecule has 2 unspecified atom stereocenters. The molecule has 3 heterocycles. The molecule has 1 saturated carbocycles. The Hall–Kier alpha value is -1.50. The van der Waals surface area contributed by atoms with Gasteiger partial charge >= 0.3 is 0 Å². The third-order valence-electron chi connectivity index (χ3n) is 6.10. The summed E-state index contributed by atoms with van der Waals surface area (Å²) in [5.41, 5.74) is 3.36. The molecule has 0 aromatic heterocycles. The highest BCUT2D eigenvalue weighted by Crippen LogP contribution is 2.45. The lowest BCUT2D eigenvalue weighted by atomic mass is 9.61. The fourth-order valence-corrected chi connectivity index (χ4v) is 4.87. The number of carbonyl (C=O) groups excluding carboxylic acids is 1. The second kappa shape index (κ2) is 6.10. The van der Waals surface area contributed by atoms with Crippen LogP contribution in [-0.2, 0) is 13.0 Å². The topological polar surface area (TPSA) is 55.8 Å². The van der Waals surface area contributed by atoms with Crippen molar-refractivity contribution in [3.8, 4) is 0 Å². The molecule has 130 valence electrons. The maximum Gasteiger partial charge on any atom is 0.274 e. The van der Waals surface area contributed by atoms with Crippen molar-refractivity contribution in [3.63, 3.8) is 0 Å². The minimum Gasteiger partial charge on any atom is -0.306 e. The molecule has 2 saturated heterocycles. The Morgan fingerprint density at radius 3 is 2.83 bits per heavy atom. The second-order valence-electron chi connectivity index (χ2n) is 7.66. The zero-order chi connectivity index (χ0) is 16.8. The van der Waals surface area contributed by atoms with Crippen LogP contribution in [0, 0.1) is 23.6 Å². The van der Waals surface area contributed by atoms with Gasteiger partial charge in [0.1, 0.15) is 5.82 Å². The number of carbonyl (C=O) groups is 1. The van der Waals surface area contributed by atoms with Crippen LogP contribution >= 0.6 is 0 Å². The van der Waals surface area contributed by atoms with Crippen LogP contribution in [0.1, 0.15) is 27.9 Å². The van der Waals surface area contributed by atoms with Crippen molar-refractivity contribution in [2.75, 3.05) is 33.2 Å². The molecule has 2 atom stereocenters. The van der Waals surface area contributed by atoms with Gasteiger partial charge < -0.3 is 4.90 Å². The highest BCUT2D eigenvalue weighted by molar-refractivity contribution is 5.93.